The largest absolute Gasteiger partial charge is 0.330 e. The van der Waals surface area contributed by atoms with Crippen LogP contribution >= 0.6 is 11.6 Å². The molecule has 2 aromatic rings. The second kappa shape index (κ2) is 4.66. The first-order chi connectivity index (χ1) is 7.70. The molecular formula is C12H12ClFN2. The highest BCUT2D eigenvalue weighted by molar-refractivity contribution is 6.31. The average molecular weight is 239 g/mol. The summed E-state index contributed by atoms with van der Waals surface area (Å²) in [6.45, 7) is 2.67. The van der Waals surface area contributed by atoms with Crippen molar-refractivity contribution >= 4 is 11.6 Å². The normalized spacial score (nSPS) is 10.7. The standard InChI is InChI=1S/C12H12ClFN2/c1-2-12-15-5-6-16(12)8-9-3-4-10(14)7-11(9)13/h3-7H,2,8H2,1H3. The van der Waals surface area contributed by atoms with Gasteiger partial charge in [0.1, 0.15) is 11.6 Å². The predicted octanol–water partition coefficient (Wildman–Crippen LogP) is 3.29. The third-order valence-corrected chi connectivity index (χ3v) is 2.83. The number of benzene rings is 1. The Morgan fingerprint density at radius 2 is 2.25 bits per heavy atom. The number of aryl methyl sites for hydroxylation is 1. The van der Waals surface area contributed by atoms with E-state index in [1.54, 1.807) is 12.3 Å². The van der Waals surface area contributed by atoms with Crippen molar-refractivity contribution < 1.29 is 4.39 Å². The van der Waals surface area contributed by atoms with Gasteiger partial charge in [0.05, 0.1) is 6.54 Å². The van der Waals surface area contributed by atoms with Crippen LogP contribution in [-0.2, 0) is 13.0 Å². The number of hydrogen-bond acceptors (Lipinski definition) is 1. The van der Waals surface area contributed by atoms with Crippen molar-refractivity contribution in [1.29, 1.82) is 0 Å². The number of imidazole rings is 1. The molecule has 0 spiro atoms. The lowest BCUT2D eigenvalue weighted by atomic mass is 10.2. The van der Waals surface area contributed by atoms with Crippen molar-refractivity contribution in [3.8, 4) is 0 Å². The Hall–Kier alpha value is -1.35. The first-order valence-electron chi connectivity index (χ1n) is 5.14. The quantitative estimate of drug-likeness (QED) is 0.803. The zero-order valence-corrected chi connectivity index (χ0v) is 9.71. The molecule has 0 aliphatic heterocycles. The van der Waals surface area contributed by atoms with Gasteiger partial charge in [-0.3, -0.25) is 0 Å². The Morgan fingerprint density at radius 3 is 2.94 bits per heavy atom. The molecule has 0 saturated heterocycles. The van der Waals surface area contributed by atoms with Crippen LogP contribution in [0.1, 0.15) is 18.3 Å². The van der Waals surface area contributed by atoms with Gasteiger partial charge in [-0.15, -0.1) is 0 Å². The van der Waals surface area contributed by atoms with E-state index < -0.39 is 0 Å². The maximum atomic E-state index is 12.9. The first-order valence-corrected chi connectivity index (χ1v) is 5.52. The van der Waals surface area contributed by atoms with Gasteiger partial charge in [-0.2, -0.15) is 0 Å². The second-order valence-electron chi connectivity index (χ2n) is 3.56. The van der Waals surface area contributed by atoms with E-state index in [-0.39, 0.29) is 5.82 Å². The molecule has 0 aliphatic carbocycles. The highest BCUT2D eigenvalue weighted by Crippen LogP contribution is 2.18. The number of halogens is 2. The minimum Gasteiger partial charge on any atom is -0.330 e. The zero-order chi connectivity index (χ0) is 11.5. The fourth-order valence-corrected chi connectivity index (χ4v) is 1.86. The summed E-state index contributed by atoms with van der Waals surface area (Å²) in [5.74, 6) is 0.690. The van der Waals surface area contributed by atoms with Crippen LogP contribution in [-0.4, -0.2) is 9.55 Å². The van der Waals surface area contributed by atoms with Crippen LogP contribution in [0, 0.1) is 5.82 Å². The first kappa shape index (κ1) is 11.1. The summed E-state index contributed by atoms with van der Waals surface area (Å²) in [4.78, 5) is 4.22. The lowest BCUT2D eigenvalue weighted by molar-refractivity contribution is 0.626. The summed E-state index contributed by atoms with van der Waals surface area (Å²) in [6, 6.07) is 4.46. The summed E-state index contributed by atoms with van der Waals surface area (Å²) in [5, 5.41) is 0.454. The minimum atomic E-state index is -0.310. The maximum absolute atomic E-state index is 12.9. The molecule has 0 aliphatic rings. The Kier molecular flexibility index (Phi) is 3.25. The summed E-state index contributed by atoms with van der Waals surface area (Å²) >= 11 is 5.97. The predicted molar refractivity (Wildman–Crippen MR) is 62.1 cm³/mol. The minimum absolute atomic E-state index is 0.310. The number of hydrogen-bond donors (Lipinski definition) is 0. The van der Waals surface area contributed by atoms with E-state index in [0.717, 1.165) is 17.8 Å². The van der Waals surface area contributed by atoms with Gasteiger partial charge in [-0.1, -0.05) is 24.6 Å². The molecular weight excluding hydrogens is 227 g/mol. The van der Waals surface area contributed by atoms with E-state index in [1.807, 2.05) is 17.7 Å². The monoisotopic (exact) mass is 238 g/mol. The molecule has 0 amide bonds. The third kappa shape index (κ3) is 2.25. The van der Waals surface area contributed by atoms with Crippen LogP contribution in [0.15, 0.2) is 30.6 Å². The lowest BCUT2D eigenvalue weighted by Gasteiger charge is -2.08. The molecule has 0 bridgehead atoms. The molecule has 4 heteroatoms. The van der Waals surface area contributed by atoms with Gasteiger partial charge in [0.15, 0.2) is 0 Å². The molecule has 0 saturated carbocycles. The van der Waals surface area contributed by atoms with Crippen LogP contribution in [0.5, 0.6) is 0 Å². The van der Waals surface area contributed by atoms with Crippen LogP contribution in [0.2, 0.25) is 5.02 Å². The number of nitrogens with zero attached hydrogens (tertiary/aromatic N) is 2. The van der Waals surface area contributed by atoms with Gasteiger partial charge < -0.3 is 4.57 Å². The van der Waals surface area contributed by atoms with E-state index in [2.05, 4.69) is 4.98 Å². The third-order valence-electron chi connectivity index (χ3n) is 2.47. The van der Waals surface area contributed by atoms with E-state index in [1.165, 1.54) is 12.1 Å². The molecule has 0 N–H and O–H groups in total. The molecule has 2 rings (SSSR count). The van der Waals surface area contributed by atoms with Crippen LogP contribution in [0.4, 0.5) is 4.39 Å². The summed E-state index contributed by atoms with van der Waals surface area (Å²) in [6.07, 6.45) is 4.53. The zero-order valence-electron chi connectivity index (χ0n) is 8.95. The fourth-order valence-electron chi connectivity index (χ4n) is 1.63. The van der Waals surface area contributed by atoms with Crippen molar-refractivity contribution in [2.24, 2.45) is 0 Å². The second-order valence-corrected chi connectivity index (χ2v) is 3.97. The van der Waals surface area contributed by atoms with Crippen molar-refractivity contribution in [3.05, 3.63) is 52.8 Å². The number of rotatable bonds is 3. The van der Waals surface area contributed by atoms with Gasteiger partial charge in [-0.25, -0.2) is 9.37 Å². The van der Waals surface area contributed by atoms with Gasteiger partial charge in [-0.05, 0) is 17.7 Å². The summed E-state index contributed by atoms with van der Waals surface area (Å²) < 4.78 is 14.9. The Balaban J connectivity index is 2.27. The fraction of sp³-hybridized carbons (Fsp3) is 0.250. The van der Waals surface area contributed by atoms with Crippen molar-refractivity contribution in [3.63, 3.8) is 0 Å². The van der Waals surface area contributed by atoms with Crippen LogP contribution < -0.4 is 0 Å². The Bertz CT molecular complexity index is 494. The van der Waals surface area contributed by atoms with Crippen molar-refractivity contribution in [2.45, 2.75) is 19.9 Å². The molecule has 1 heterocycles. The lowest BCUT2D eigenvalue weighted by Crippen LogP contribution is -2.03. The molecule has 0 atom stereocenters. The van der Waals surface area contributed by atoms with E-state index in [9.17, 15) is 4.39 Å². The molecule has 1 aromatic heterocycles. The van der Waals surface area contributed by atoms with Crippen molar-refractivity contribution in [1.82, 2.24) is 9.55 Å². The summed E-state index contributed by atoms with van der Waals surface area (Å²) in [5.41, 5.74) is 0.899. The highest BCUT2D eigenvalue weighted by atomic mass is 35.5. The molecule has 0 radical (unpaired) electrons. The molecule has 2 nitrogen and oxygen atoms in total. The molecule has 84 valence electrons. The topological polar surface area (TPSA) is 17.8 Å². The molecule has 1 aromatic carbocycles. The highest BCUT2D eigenvalue weighted by Gasteiger charge is 2.05. The van der Waals surface area contributed by atoms with Gasteiger partial charge in [0.25, 0.3) is 0 Å². The van der Waals surface area contributed by atoms with Gasteiger partial charge in [0.2, 0.25) is 0 Å². The maximum Gasteiger partial charge on any atom is 0.124 e. The van der Waals surface area contributed by atoms with E-state index >= 15 is 0 Å². The average Bonchev–Trinajstić information content (AvgIpc) is 2.69. The van der Waals surface area contributed by atoms with Crippen LogP contribution in [0.25, 0.3) is 0 Å². The van der Waals surface area contributed by atoms with Crippen LogP contribution in [0.3, 0.4) is 0 Å². The van der Waals surface area contributed by atoms with E-state index in [4.69, 9.17) is 11.6 Å². The van der Waals surface area contributed by atoms with E-state index in [0.29, 0.717) is 11.6 Å². The van der Waals surface area contributed by atoms with Gasteiger partial charge >= 0.3 is 0 Å². The Morgan fingerprint density at radius 1 is 1.44 bits per heavy atom. The molecule has 0 fully saturated rings. The molecule has 16 heavy (non-hydrogen) atoms. The molecule has 0 unspecified atom stereocenters. The van der Waals surface area contributed by atoms with Gasteiger partial charge in [0, 0.05) is 23.8 Å². The number of aromatic nitrogens is 2. The van der Waals surface area contributed by atoms with Crippen molar-refractivity contribution in [2.75, 3.05) is 0 Å². The summed E-state index contributed by atoms with van der Waals surface area (Å²) in [7, 11) is 0. The smallest absolute Gasteiger partial charge is 0.124 e. The SMILES string of the molecule is CCc1nccn1Cc1ccc(F)cc1Cl. The Labute approximate surface area is 98.7 Å².